The van der Waals surface area contributed by atoms with Crippen molar-refractivity contribution in [3.8, 4) is 0 Å². The molecule has 0 aliphatic rings. The third-order valence-corrected chi connectivity index (χ3v) is 14.9. The minimum atomic E-state index is 0.00416. The van der Waals surface area contributed by atoms with Crippen LogP contribution in [0.4, 0.5) is 34.1 Å². The fraction of sp³-hybridized carbons (Fsp3) is 0.212. The Morgan fingerprint density at radius 1 is 0.343 bits per heavy atom. The van der Waals surface area contributed by atoms with Gasteiger partial charge in [0.05, 0.1) is 22.7 Å². The van der Waals surface area contributed by atoms with Crippen LogP contribution in [0.5, 0.6) is 0 Å². The fourth-order valence-corrected chi connectivity index (χ4v) is 11.2. The third kappa shape index (κ3) is 6.86. The molecule has 4 nitrogen and oxygen atoms in total. The van der Waals surface area contributed by atoms with Crippen molar-refractivity contribution >= 4 is 110 Å². The van der Waals surface area contributed by atoms with Crippen LogP contribution < -0.4 is 9.80 Å². The molecule has 12 aromatic rings. The van der Waals surface area contributed by atoms with Crippen LogP contribution in [0, 0.1) is 0 Å². The highest BCUT2D eigenvalue weighted by atomic mass is 16.3. The Labute approximate surface area is 411 Å². The molecule has 0 unspecified atom stereocenters. The summed E-state index contributed by atoms with van der Waals surface area (Å²) < 4.78 is 13.8. The number of hydrogen-bond acceptors (Lipinski definition) is 4. The summed E-state index contributed by atoms with van der Waals surface area (Å²) >= 11 is 0. The Balaban J connectivity index is 1.20. The average Bonchev–Trinajstić information content (AvgIpc) is 3.93. The van der Waals surface area contributed by atoms with Crippen LogP contribution >= 0.6 is 0 Å². The molecule has 0 spiro atoms. The van der Waals surface area contributed by atoms with Gasteiger partial charge in [-0.05, 0) is 127 Å². The summed E-state index contributed by atoms with van der Waals surface area (Å²) in [4.78, 5) is 4.93. The van der Waals surface area contributed by atoms with E-state index < -0.39 is 0 Å². The molecule has 0 aliphatic carbocycles. The molecule has 0 aliphatic heterocycles. The van der Waals surface area contributed by atoms with Gasteiger partial charge in [-0.25, -0.2) is 0 Å². The molecule has 0 amide bonds. The second-order valence-electron chi connectivity index (χ2n) is 22.1. The lowest BCUT2D eigenvalue weighted by Gasteiger charge is -2.32. The standard InChI is InChI=1S/C66H60N2O2/c1-39(2)53-37-57(67(43-29-25-41(26-30-43)65(5,6)7)55-21-15-19-49-45-17-11-13-23-59(45)69-63(49)55)51-36-34-48-54(40(3)4)38-58(52-35-33-47(53)61(51)62(48)52)68(44-31-27-42(28-32-44)66(8,9)10)56-22-16-20-50-46-18-12-14-24-60(46)70-64(50)56/h11-40H,1-10H3. The lowest BCUT2D eigenvalue weighted by molar-refractivity contribution is 0.590. The van der Waals surface area contributed by atoms with E-state index in [0.717, 1.165) is 78.0 Å². The number of hydrogen-bond donors (Lipinski definition) is 0. The quantitative estimate of drug-likeness (QED) is 0.142. The number of nitrogens with zero attached hydrogens (tertiary/aromatic N) is 2. The van der Waals surface area contributed by atoms with Gasteiger partial charge in [0.25, 0.3) is 0 Å². The number of benzene rings is 10. The van der Waals surface area contributed by atoms with E-state index in [1.807, 2.05) is 0 Å². The van der Waals surface area contributed by atoms with Crippen LogP contribution in [0.25, 0.3) is 76.2 Å². The van der Waals surface area contributed by atoms with E-state index in [4.69, 9.17) is 8.83 Å². The lowest BCUT2D eigenvalue weighted by atomic mass is 9.83. The summed E-state index contributed by atoms with van der Waals surface area (Å²) in [5.74, 6) is 0.478. The molecule has 2 aromatic heterocycles. The molecule has 346 valence electrons. The molecule has 12 rings (SSSR count). The molecule has 0 atom stereocenters. The number of furan rings is 2. The molecule has 0 N–H and O–H groups in total. The van der Waals surface area contributed by atoms with Crippen molar-refractivity contribution in [2.24, 2.45) is 0 Å². The van der Waals surface area contributed by atoms with Gasteiger partial charge in [0.2, 0.25) is 0 Å². The number of para-hydroxylation sites is 4. The summed E-state index contributed by atoms with van der Waals surface area (Å²) in [5, 5.41) is 11.9. The minimum absolute atomic E-state index is 0.00416. The van der Waals surface area contributed by atoms with Gasteiger partial charge >= 0.3 is 0 Å². The van der Waals surface area contributed by atoms with Crippen molar-refractivity contribution in [3.05, 3.63) is 192 Å². The molecule has 4 heteroatoms. The predicted molar refractivity (Wildman–Crippen MR) is 300 cm³/mol. The summed E-state index contributed by atoms with van der Waals surface area (Å²) in [5.41, 5.74) is 15.2. The van der Waals surface area contributed by atoms with Crippen LogP contribution in [0.15, 0.2) is 179 Å². The Morgan fingerprint density at radius 2 is 0.700 bits per heavy atom. The summed E-state index contributed by atoms with van der Waals surface area (Å²) in [6, 6.07) is 62.9. The first-order valence-corrected chi connectivity index (χ1v) is 25.1. The molecule has 0 bridgehead atoms. The number of anilines is 6. The normalized spacial score (nSPS) is 12.7. The van der Waals surface area contributed by atoms with E-state index in [0.29, 0.717) is 0 Å². The molecule has 10 aromatic carbocycles. The maximum absolute atomic E-state index is 6.88. The van der Waals surface area contributed by atoms with Gasteiger partial charge in [-0.15, -0.1) is 0 Å². The largest absolute Gasteiger partial charge is 0.454 e. The van der Waals surface area contributed by atoms with Crippen LogP contribution in [0.2, 0.25) is 0 Å². The van der Waals surface area contributed by atoms with Crippen LogP contribution in [0.3, 0.4) is 0 Å². The second-order valence-corrected chi connectivity index (χ2v) is 22.1. The molecule has 70 heavy (non-hydrogen) atoms. The van der Waals surface area contributed by atoms with Gasteiger partial charge in [-0.1, -0.05) is 178 Å². The predicted octanol–water partition coefficient (Wildman–Crippen LogP) is 20.2. The minimum Gasteiger partial charge on any atom is -0.454 e. The summed E-state index contributed by atoms with van der Waals surface area (Å²) in [6.45, 7) is 23.0. The van der Waals surface area contributed by atoms with Crippen molar-refractivity contribution in [1.29, 1.82) is 0 Å². The molecule has 2 heterocycles. The zero-order valence-corrected chi connectivity index (χ0v) is 42.0. The highest BCUT2D eigenvalue weighted by Gasteiger charge is 2.29. The lowest BCUT2D eigenvalue weighted by Crippen LogP contribution is -2.15. The van der Waals surface area contributed by atoms with Crippen LogP contribution in [-0.4, -0.2) is 0 Å². The highest BCUT2D eigenvalue weighted by Crippen LogP contribution is 2.53. The Morgan fingerprint density at radius 3 is 1.07 bits per heavy atom. The van der Waals surface area contributed by atoms with Gasteiger partial charge < -0.3 is 18.6 Å². The first-order chi connectivity index (χ1) is 33.7. The number of rotatable bonds is 8. The molecule has 0 fully saturated rings. The van der Waals surface area contributed by atoms with Gasteiger partial charge in [0.1, 0.15) is 11.2 Å². The van der Waals surface area contributed by atoms with E-state index in [2.05, 4.69) is 249 Å². The number of fused-ring (bicyclic) bond motifs is 6. The van der Waals surface area contributed by atoms with E-state index in [1.54, 1.807) is 0 Å². The van der Waals surface area contributed by atoms with Crippen molar-refractivity contribution in [2.75, 3.05) is 9.80 Å². The molecular formula is C66H60N2O2. The Hall–Kier alpha value is -7.56. The van der Waals surface area contributed by atoms with Gasteiger partial charge in [-0.2, -0.15) is 0 Å². The zero-order valence-electron chi connectivity index (χ0n) is 42.0. The fourth-order valence-electron chi connectivity index (χ4n) is 11.2. The molecule has 0 saturated carbocycles. The smallest absolute Gasteiger partial charge is 0.159 e. The zero-order chi connectivity index (χ0) is 48.4. The monoisotopic (exact) mass is 912 g/mol. The van der Waals surface area contributed by atoms with Gasteiger partial charge in [0, 0.05) is 43.7 Å². The van der Waals surface area contributed by atoms with E-state index in [9.17, 15) is 0 Å². The van der Waals surface area contributed by atoms with Crippen LogP contribution in [-0.2, 0) is 10.8 Å². The molecular weight excluding hydrogens is 853 g/mol. The van der Waals surface area contributed by atoms with Crippen molar-refractivity contribution in [2.45, 2.75) is 91.9 Å². The third-order valence-electron chi connectivity index (χ3n) is 14.9. The molecule has 0 radical (unpaired) electrons. The maximum Gasteiger partial charge on any atom is 0.159 e. The van der Waals surface area contributed by atoms with Crippen molar-refractivity contribution < 1.29 is 8.83 Å². The Kier molecular flexibility index (Phi) is 9.99. The van der Waals surface area contributed by atoms with E-state index >= 15 is 0 Å². The topological polar surface area (TPSA) is 32.8 Å². The SMILES string of the molecule is CC(C)c1cc(N(c2ccc(C(C)(C)C)cc2)c2cccc3c2oc2ccccc23)c2ccc3c(C(C)C)cc(N(c4ccc(C(C)(C)C)cc4)c4cccc5c4oc4ccccc45)c4ccc1c2c34. The average molecular weight is 913 g/mol. The van der Waals surface area contributed by atoms with Gasteiger partial charge in [-0.3, -0.25) is 0 Å². The summed E-state index contributed by atoms with van der Waals surface area (Å²) in [6.07, 6.45) is 0. The molecule has 0 saturated heterocycles. The van der Waals surface area contributed by atoms with Crippen molar-refractivity contribution in [3.63, 3.8) is 0 Å². The summed E-state index contributed by atoms with van der Waals surface area (Å²) in [7, 11) is 0. The van der Waals surface area contributed by atoms with Crippen molar-refractivity contribution in [1.82, 2.24) is 0 Å². The van der Waals surface area contributed by atoms with Gasteiger partial charge in [0.15, 0.2) is 11.2 Å². The van der Waals surface area contributed by atoms with E-state index in [-0.39, 0.29) is 22.7 Å². The highest BCUT2D eigenvalue weighted by molar-refractivity contribution is 6.30. The van der Waals surface area contributed by atoms with Crippen LogP contribution in [0.1, 0.15) is 103 Å². The van der Waals surface area contributed by atoms with E-state index in [1.165, 1.54) is 54.6 Å². The maximum atomic E-state index is 6.88. The Bertz CT molecular complexity index is 3700. The first-order valence-electron chi connectivity index (χ1n) is 25.1. The second kappa shape index (κ2) is 16.0. The first kappa shape index (κ1) is 43.7.